The number of hydrogen-bond donors (Lipinski definition) is 0. The molecule has 0 N–H and O–H groups in total. The zero-order valence-electron chi connectivity index (χ0n) is 16.9. The molecule has 0 saturated carbocycles. The molecule has 0 radical (unpaired) electrons. The molecule has 3 aliphatic rings. The van der Waals surface area contributed by atoms with E-state index in [0.717, 1.165) is 54.0 Å². The molecule has 0 amide bonds. The van der Waals surface area contributed by atoms with E-state index < -0.39 is 0 Å². The number of hydrogen-bond acceptors (Lipinski definition) is 5. The van der Waals surface area contributed by atoms with Crippen LogP contribution in [0.1, 0.15) is 45.5 Å². The van der Waals surface area contributed by atoms with E-state index in [2.05, 4.69) is 4.90 Å². The van der Waals surface area contributed by atoms with E-state index >= 15 is 0 Å². The van der Waals surface area contributed by atoms with Gasteiger partial charge in [-0.05, 0) is 50.0 Å². The van der Waals surface area contributed by atoms with Crippen molar-refractivity contribution in [3.05, 3.63) is 63.9 Å². The van der Waals surface area contributed by atoms with E-state index in [0.29, 0.717) is 30.3 Å². The first kappa shape index (κ1) is 18.4. The van der Waals surface area contributed by atoms with Crippen LogP contribution in [-0.2, 0) is 11.3 Å². The molecule has 0 spiro atoms. The van der Waals surface area contributed by atoms with Crippen molar-refractivity contribution in [2.45, 2.75) is 39.3 Å². The molecule has 0 bridgehead atoms. The summed E-state index contributed by atoms with van der Waals surface area (Å²) in [6.07, 6.45) is 4.30. The normalized spacial score (nSPS) is 22.3. The molecule has 5 nitrogen and oxygen atoms in total. The third kappa shape index (κ3) is 3.45. The number of ketones is 1. The first-order chi connectivity index (χ1) is 14.1. The number of nitrogens with zero attached hydrogens (tertiary/aromatic N) is 1. The topological polar surface area (TPSA) is 48.0 Å². The van der Waals surface area contributed by atoms with Crippen LogP contribution in [-0.4, -0.2) is 36.7 Å². The van der Waals surface area contributed by atoms with Crippen LogP contribution in [0.5, 0.6) is 11.5 Å². The van der Waals surface area contributed by atoms with Crippen LogP contribution in [0.15, 0.2) is 36.1 Å². The van der Waals surface area contributed by atoms with Crippen LogP contribution in [0.4, 0.5) is 0 Å². The highest BCUT2D eigenvalue weighted by Crippen LogP contribution is 2.44. The molecule has 1 fully saturated rings. The Morgan fingerprint density at radius 1 is 1.24 bits per heavy atom. The minimum atomic E-state index is -0.0574. The molecule has 0 aliphatic carbocycles. The summed E-state index contributed by atoms with van der Waals surface area (Å²) in [5.41, 5.74) is 4.61. The van der Waals surface area contributed by atoms with Crippen molar-refractivity contribution in [2.75, 3.05) is 19.9 Å². The van der Waals surface area contributed by atoms with Gasteiger partial charge < -0.3 is 14.2 Å². The summed E-state index contributed by atoms with van der Waals surface area (Å²) in [4.78, 5) is 15.3. The Morgan fingerprint density at radius 3 is 2.93 bits per heavy atom. The lowest BCUT2D eigenvalue weighted by Crippen LogP contribution is -2.37. The van der Waals surface area contributed by atoms with E-state index in [4.69, 9.17) is 14.2 Å². The second-order valence-corrected chi connectivity index (χ2v) is 8.15. The maximum Gasteiger partial charge on any atom is 0.232 e. The predicted molar refractivity (Wildman–Crippen MR) is 110 cm³/mol. The van der Waals surface area contributed by atoms with Crippen molar-refractivity contribution in [3.63, 3.8) is 0 Å². The third-order valence-corrected chi connectivity index (χ3v) is 5.81. The number of Topliss-reactive ketones (excluding diaryl/α,β-unsaturated/α-hetero) is 1. The Bertz CT molecular complexity index is 1000. The molecule has 2 aromatic carbocycles. The highest BCUT2D eigenvalue weighted by molar-refractivity contribution is 6.15. The number of allylic oxidation sites excluding steroid dienone is 1. The van der Waals surface area contributed by atoms with Gasteiger partial charge in [0, 0.05) is 19.7 Å². The van der Waals surface area contributed by atoms with Gasteiger partial charge in [0.2, 0.25) is 5.78 Å². The first-order valence-electron chi connectivity index (χ1n) is 10.2. The number of aryl methyl sites for hydroxylation is 2. The monoisotopic (exact) mass is 391 g/mol. The molecule has 1 atom stereocenters. The number of ether oxygens (including phenoxy) is 3. The smallest absolute Gasteiger partial charge is 0.232 e. The van der Waals surface area contributed by atoms with Gasteiger partial charge in [-0.3, -0.25) is 9.69 Å². The molecular weight excluding hydrogens is 366 g/mol. The van der Waals surface area contributed by atoms with Gasteiger partial charge in [-0.1, -0.05) is 29.8 Å². The van der Waals surface area contributed by atoms with Crippen LogP contribution in [0.2, 0.25) is 0 Å². The SMILES string of the molecule is Cc1cccc(/C=C2\Oc3c4c(cc(C)c3C2=O)OCN(CC2CCCO2)C4)c1. The Balaban J connectivity index is 1.46. The fourth-order valence-electron chi connectivity index (χ4n) is 4.38. The summed E-state index contributed by atoms with van der Waals surface area (Å²) in [7, 11) is 0. The molecule has 0 aromatic heterocycles. The summed E-state index contributed by atoms with van der Waals surface area (Å²) in [6, 6.07) is 10.0. The summed E-state index contributed by atoms with van der Waals surface area (Å²) in [6.45, 7) is 6.89. The lowest BCUT2D eigenvalue weighted by Gasteiger charge is -2.31. The number of rotatable bonds is 3. The molecular formula is C24H25NO4. The van der Waals surface area contributed by atoms with Crippen molar-refractivity contribution in [1.82, 2.24) is 4.90 Å². The summed E-state index contributed by atoms with van der Waals surface area (Å²) in [5, 5.41) is 0. The molecule has 1 unspecified atom stereocenters. The molecule has 5 rings (SSSR count). The molecule has 150 valence electrons. The van der Waals surface area contributed by atoms with Crippen LogP contribution in [0, 0.1) is 13.8 Å². The summed E-state index contributed by atoms with van der Waals surface area (Å²) >= 11 is 0. The van der Waals surface area contributed by atoms with E-state index in [1.807, 2.05) is 50.3 Å². The lowest BCUT2D eigenvalue weighted by atomic mass is 9.98. The largest absolute Gasteiger partial charge is 0.478 e. The van der Waals surface area contributed by atoms with E-state index in [-0.39, 0.29) is 11.9 Å². The van der Waals surface area contributed by atoms with Crippen molar-refractivity contribution in [2.24, 2.45) is 0 Å². The average Bonchev–Trinajstić information content (AvgIpc) is 3.31. The third-order valence-electron chi connectivity index (χ3n) is 5.81. The van der Waals surface area contributed by atoms with Crippen LogP contribution >= 0.6 is 0 Å². The fraction of sp³-hybridized carbons (Fsp3) is 0.375. The van der Waals surface area contributed by atoms with E-state index in [1.54, 1.807) is 0 Å². The van der Waals surface area contributed by atoms with Gasteiger partial charge >= 0.3 is 0 Å². The van der Waals surface area contributed by atoms with E-state index in [1.165, 1.54) is 0 Å². The predicted octanol–water partition coefficient (Wildman–Crippen LogP) is 4.25. The van der Waals surface area contributed by atoms with Crippen LogP contribution < -0.4 is 9.47 Å². The maximum absolute atomic E-state index is 13.1. The van der Waals surface area contributed by atoms with Gasteiger partial charge in [-0.25, -0.2) is 0 Å². The summed E-state index contributed by atoms with van der Waals surface area (Å²) < 4.78 is 17.9. The van der Waals surface area contributed by atoms with Gasteiger partial charge in [-0.15, -0.1) is 0 Å². The standard InChI is InChI=1S/C24H25NO4/c1-15-5-3-6-17(9-15)11-21-23(26)22-16(2)10-20-19(24(22)29-21)13-25(14-28-20)12-18-7-4-8-27-18/h3,5-6,9-11,18H,4,7-8,12-14H2,1-2H3/b21-11-. The molecule has 5 heteroatoms. The maximum atomic E-state index is 13.1. The molecule has 2 aromatic rings. The quantitative estimate of drug-likeness (QED) is 0.732. The van der Waals surface area contributed by atoms with Crippen molar-refractivity contribution < 1.29 is 19.0 Å². The Labute approximate surface area is 170 Å². The second kappa shape index (κ2) is 7.32. The average molecular weight is 391 g/mol. The molecule has 1 saturated heterocycles. The number of carbonyl (C=O) groups excluding carboxylic acids is 1. The van der Waals surface area contributed by atoms with Gasteiger partial charge in [0.1, 0.15) is 18.2 Å². The minimum absolute atomic E-state index is 0.0574. The van der Waals surface area contributed by atoms with Crippen molar-refractivity contribution in [3.8, 4) is 11.5 Å². The minimum Gasteiger partial charge on any atom is -0.478 e. The van der Waals surface area contributed by atoms with Gasteiger partial charge in [0.25, 0.3) is 0 Å². The second-order valence-electron chi connectivity index (χ2n) is 8.15. The Morgan fingerprint density at radius 2 is 2.14 bits per heavy atom. The zero-order chi connectivity index (χ0) is 20.0. The van der Waals surface area contributed by atoms with Crippen LogP contribution in [0.25, 0.3) is 6.08 Å². The molecule has 3 heterocycles. The number of fused-ring (bicyclic) bond motifs is 3. The van der Waals surface area contributed by atoms with E-state index in [9.17, 15) is 4.79 Å². The molecule has 29 heavy (non-hydrogen) atoms. The highest BCUT2D eigenvalue weighted by Gasteiger charge is 2.36. The molecule has 3 aliphatic heterocycles. The van der Waals surface area contributed by atoms with Crippen molar-refractivity contribution >= 4 is 11.9 Å². The number of carbonyl (C=O) groups is 1. The van der Waals surface area contributed by atoms with Gasteiger partial charge in [0.15, 0.2) is 5.76 Å². The lowest BCUT2D eigenvalue weighted by molar-refractivity contribution is 0.0273. The summed E-state index contributed by atoms with van der Waals surface area (Å²) in [5.74, 6) is 1.78. The van der Waals surface area contributed by atoms with Crippen molar-refractivity contribution in [1.29, 1.82) is 0 Å². The Kier molecular flexibility index (Phi) is 4.64. The first-order valence-corrected chi connectivity index (χ1v) is 10.2. The Hall–Kier alpha value is -2.63. The number of benzene rings is 2. The highest BCUT2D eigenvalue weighted by atomic mass is 16.5. The van der Waals surface area contributed by atoms with Gasteiger partial charge in [0.05, 0.1) is 17.2 Å². The zero-order valence-corrected chi connectivity index (χ0v) is 16.9. The van der Waals surface area contributed by atoms with Crippen LogP contribution in [0.3, 0.4) is 0 Å². The fourth-order valence-corrected chi connectivity index (χ4v) is 4.38. The van der Waals surface area contributed by atoms with Gasteiger partial charge in [-0.2, -0.15) is 0 Å².